The molecule has 1 N–H and O–H groups in total. The van der Waals surface area contributed by atoms with Gasteiger partial charge in [0, 0.05) is 7.05 Å². The van der Waals surface area contributed by atoms with Crippen LogP contribution >= 0.6 is 0 Å². The number of hydrogen-bond donors (Lipinski definition) is 1. The van der Waals surface area contributed by atoms with Crippen LogP contribution < -0.4 is 0 Å². The zero-order valence-corrected chi connectivity index (χ0v) is 11.1. The Kier molecular flexibility index (Phi) is 3.74. The predicted molar refractivity (Wildman–Crippen MR) is 68.2 cm³/mol. The van der Waals surface area contributed by atoms with E-state index >= 15 is 0 Å². The van der Waals surface area contributed by atoms with E-state index in [4.69, 9.17) is 4.74 Å². The maximum Gasteiger partial charge on any atom is 0.340 e. The van der Waals surface area contributed by atoms with Crippen LogP contribution in [0.1, 0.15) is 18.5 Å². The lowest BCUT2D eigenvalue weighted by Crippen LogP contribution is -2.27. The van der Waals surface area contributed by atoms with Gasteiger partial charge < -0.3 is 14.7 Å². The van der Waals surface area contributed by atoms with Gasteiger partial charge in [-0.3, -0.25) is 4.79 Å². The van der Waals surface area contributed by atoms with E-state index in [1.54, 1.807) is 6.92 Å². The van der Waals surface area contributed by atoms with E-state index in [1.807, 2.05) is 0 Å². The molecule has 1 unspecified atom stereocenters. The molecule has 0 saturated heterocycles. The van der Waals surface area contributed by atoms with Gasteiger partial charge in [-0.25, -0.2) is 9.18 Å². The van der Waals surface area contributed by atoms with Crippen LogP contribution in [0.15, 0.2) is 35.6 Å². The van der Waals surface area contributed by atoms with Crippen molar-refractivity contribution < 1.29 is 23.8 Å². The smallest absolute Gasteiger partial charge is 0.340 e. The van der Waals surface area contributed by atoms with Crippen LogP contribution in [0.5, 0.6) is 0 Å². The topological polar surface area (TPSA) is 66.8 Å². The van der Waals surface area contributed by atoms with Gasteiger partial charge in [-0.1, -0.05) is 12.1 Å². The van der Waals surface area contributed by atoms with Gasteiger partial charge in [0.15, 0.2) is 5.76 Å². The molecule has 1 heterocycles. The second-order valence-electron chi connectivity index (χ2n) is 4.35. The molecule has 1 aliphatic heterocycles. The van der Waals surface area contributed by atoms with Crippen molar-refractivity contribution in [2.24, 2.45) is 0 Å². The van der Waals surface area contributed by atoms with Crippen molar-refractivity contribution in [3.63, 3.8) is 0 Å². The molecule has 1 amide bonds. The molecule has 1 aromatic rings. The first-order valence-corrected chi connectivity index (χ1v) is 6.10. The first kappa shape index (κ1) is 14.0. The number of esters is 1. The average molecular weight is 279 g/mol. The highest BCUT2D eigenvalue weighted by Gasteiger charge is 2.42. The third-order valence-electron chi connectivity index (χ3n) is 3.12. The Bertz CT molecular complexity index is 579. The van der Waals surface area contributed by atoms with Gasteiger partial charge in [0.1, 0.15) is 11.4 Å². The second kappa shape index (κ2) is 5.32. The minimum Gasteiger partial charge on any atom is -0.503 e. The first-order valence-electron chi connectivity index (χ1n) is 6.10. The number of carbonyl (C=O) groups is 2. The lowest BCUT2D eigenvalue weighted by molar-refractivity contribution is -0.139. The highest BCUT2D eigenvalue weighted by molar-refractivity contribution is 6.06. The number of amides is 1. The Labute approximate surface area is 115 Å². The maximum atomic E-state index is 13.0. The first-order chi connectivity index (χ1) is 9.47. The zero-order chi connectivity index (χ0) is 14.9. The third kappa shape index (κ3) is 2.24. The van der Waals surface area contributed by atoms with Crippen molar-refractivity contribution in [1.29, 1.82) is 0 Å². The quantitative estimate of drug-likeness (QED) is 0.855. The van der Waals surface area contributed by atoms with Gasteiger partial charge in [0.25, 0.3) is 5.91 Å². The summed E-state index contributed by atoms with van der Waals surface area (Å²) >= 11 is 0. The van der Waals surface area contributed by atoms with Crippen LogP contribution in [-0.4, -0.2) is 35.5 Å². The summed E-state index contributed by atoms with van der Waals surface area (Å²) in [6, 6.07) is 4.60. The Balaban J connectivity index is 2.46. The summed E-state index contributed by atoms with van der Waals surface area (Å²) in [6.45, 7) is 1.76. The zero-order valence-electron chi connectivity index (χ0n) is 11.1. The van der Waals surface area contributed by atoms with E-state index in [1.165, 1.54) is 36.2 Å². The maximum absolute atomic E-state index is 13.0. The fourth-order valence-electron chi connectivity index (χ4n) is 2.18. The number of halogens is 1. The number of ether oxygens (including phenoxy) is 1. The van der Waals surface area contributed by atoms with E-state index in [2.05, 4.69) is 0 Å². The molecule has 20 heavy (non-hydrogen) atoms. The summed E-state index contributed by atoms with van der Waals surface area (Å²) in [5.74, 6) is -2.47. The fraction of sp³-hybridized carbons (Fsp3) is 0.286. The number of rotatable bonds is 3. The summed E-state index contributed by atoms with van der Waals surface area (Å²) in [7, 11) is 1.46. The minimum absolute atomic E-state index is 0.119. The van der Waals surface area contributed by atoms with Gasteiger partial charge in [-0.05, 0) is 24.6 Å². The summed E-state index contributed by atoms with van der Waals surface area (Å²) < 4.78 is 17.8. The minimum atomic E-state index is -0.776. The summed E-state index contributed by atoms with van der Waals surface area (Å²) in [4.78, 5) is 24.9. The van der Waals surface area contributed by atoms with Crippen molar-refractivity contribution in [3.8, 4) is 0 Å². The highest BCUT2D eigenvalue weighted by Crippen LogP contribution is 2.36. The van der Waals surface area contributed by atoms with Crippen LogP contribution in [0.4, 0.5) is 4.39 Å². The molecule has 0 aromatic heterocycles. The van der Waals surface area contributed by atoms with Gasteiger partial charge in [0.05, 0.1) is 12.6 Å². The fourth-order valence-corrected chi connectivity index (χ4v) is 2.18. The Morgan fingerprint density at radius 2 is 2.00 bits per heavy atom. The van der Waals surface area contributed by atoms with Crippen LogP contribution in [0.3, 0.4) is 0 Å². The van der Waals surface area contributed by atoms with Crippen molar-refractivity contribution >= 4 is 11.9 Å². The number of nitrogens with zero attached hydrogens (tertiary/aromatic N) is 1. The van der Waals surface area contributed by atoms with Crippen LogP contribution in [0.25, 0.3) is 0 Å². The number of hydrogen-bond acceptors (Lipinski definition) is 4. The molecule has 0 fully saturated rings. The molecule has 106 valence electrons. The van der Waals surface area contributed by atoms with E-state index in [9.17, 15) is 19.1 Å². The Morgan fingerprint density at radius 3 is 2.55 bits per heavy atom. The largest absolute Gasteiger partial charge is 0.503 e. The Hall–Kier alpha value is -2.37. The molecule has 0 aliphatic carbocycles. The third-order valence-corrected chi connectivity index (χ3v) is 3.12. The predicted octanol–water partition coefficient (Wildman–Crippen LogP) is 1.71. The molecule has 6 heteroatoms. The van der Waals surface area contributed by atoms with Crippen molar-refractivity contribution in [1.82, 2.24) is 4.90 Å². The van der Waals surface area contributed by atoms with E-state index in [0.29, 0.717) is 5.56 Å². The molecule has 0 saturated carbocycles. The summed E-state index contributed by atoms with van der Waals surface area (Å²) in [5.41, 5.74) is 0.403. The van der Waals surface area contributed by atoms with Gasteiger partial charge in [0.2, 0.25) is 0 Å². The number of benzene rings is 1. The van der Waals surface area contributed by atoms with E-state index in [-0.39, 0.29) is 12.2 Å². The standard InChI is InChI=1S/C14H14FNO4/c1-3-20-14(19)10-11(16(2)13(18)12(10)17)8-4-6-9(15)7-5-8/h4-7,11,17H,3H2,1-2H3. The molecular weight excluding hydrogens is 265 g/mol. The average Bonchev–Trinajstić information content (AvgIpc) is 2.64. The van der Waals surface area contributed by atoms with Crippen molar-refractivity contribution in [2.75, 3.05) is 13.7 Å². The summed E-state index contributed by atoms with van der Waals surface area (Å²) in [5, 5.41) is 9.82. The lowest BCUT2D eigenvalue weighted by Gasteiger charge is -2.22. The summed E-state index contributed by atoms with van der Waals surface area (Å²) in [6.07, 6.45) is 0. The normalized spacial score (nSPS) is 18.6. The van der Waals surface area contributed by atoms with Crippen molar-refractivity contribution in [2.45, 2.75) is 13.0 Å². The molecule has 0 radical (unpaired) electrons. The Morgan fingerprint density at radius 1 is 1.40 bits per heavy atom. The van der Waals surface area contributed by atoms with Crippen LogP contribution in [-0.2, 0) is 14.3 Å². The lowest BCUT2D eigenvalue weighted by atomic mass is 9.99. The van der Waals surface area contributed by atoms with E-state index in [0.717, 1.165) is 0 Å². The highest BCUT2D eigenvalue weighted by atomic mass is 19.1. The van der Waals surface area contributed by atoms with Gasteiger partial charge in [-0.15, -0.1) is 0 Å². The van der Waals surface area contributed by atoms with Gasteiger partial charge >= 0.3 is 5.97 Å². The SMILES string of the molecule is CCOC(=O)C1=C(O)C(=O)N(C)C1c1ccc(F)cc1. The van der Waals surface area contributed by atoms with Gasteiger partial charge in [-0.2, -0.15) is 0 Å². The van der Waals surface area contributed by atoms with Crippen LogP contribution in [0, 0.1) is 5.82 Å². The molecule has 1 aromatic carbocycles. The molecule has 0 bridgehead atoms. The van der Waals surface area contributed by atoms with Crippen LogP contribution in [0.2, 0.25) is 0 Å². The van der Waals surface area contributed by atoms with Crippen molar-refractivity contribution in [3.05, 3.63) is 47.0 Å². The molecule has 5 nitrogen and oxygen atoms in total. The second-order valence-corrected chi connectivity index (χ2v) is 4.35. The number of likely N-dealkylation sites (N-methyl/N-ethyl adjacent to an activating group) is 1. The molecule has 1 aliphatic rings. The number of aliphatic hydroxyl groups excluding tert-OH is 1. The molecule has 2 rings (SSSR count). The monoisotopic (exact) mass is 279 g/mol. The molecule has 0 spiro atoms. The van der Waals surface area contributed by atoms with E-state index < -0.39 is 29.5 Å². The number of carbonyl (C=O) groups excluding carboxylic acids is 2. The molecular formula is C14H14FNO4. The molecule has 1 atom stereocenters. The number of aliphatic hydroxyl groups is 1.